The van der Waals surface area contributed by atoms with E-state index in [-0.39, 0.29) is 12.1 Å². The second kappa shape index (κ2) is 7.16. The lowest BCUT2D eigenvalue weighted by Gasteiger charge is -2.38. The molecule has 1 heterocycles. The number of nitrogens with one attached hydrogen (secondary N) is 1. The molecule has 1 atom stereocenters. The summed E-state index contributed by atoms with van der Waals surface area (Å²) in [5.74, 6) is 0.750. The number of methoxy groups -OCH3 is 1. The summed E-state index contributed by atoms with van der Waals surface area (Å²) in [6.45, 7) is 2.14. The van der Waals surface area contributed by atoms with Gasteiger partial charge in [0.05, 0.1) is 12.7 Å². The van der Waals surface area contributed by atoms with Gasteiger partial charge in [0.2, 0.25) is 0 Å². The highest BCUT2D eigenvalue weighted by Crippen LogP contribution is 2.37. The molecule has 0 saturated carbocycles. The molecule has 136 valence electrons. The highest BCUT2D eigenvalue weighted by molar-refractivity contribution is 6.12. The number of fused-ring (bicyclic) bond motifs is 1. The normalized spacial score (nSPS) is 15.9. The lowest BCUT2D eigenvalue weighted by molar-refractivity contribution is 0.0975. The number of aryl methyl sites for hydroxylation is 1. The van der Waals surface area contributed by atoms with Crippen molar-refractivity contribution < 1.29 is 9.53 Å². The lowest BCUT2D eigenvalue weighted by Crippen LogP contribution is -2.43. The second-order valence-electron chi connectivity index (χ2n) is 6.56. The average Bonchev–Trinajstić information content (AvgIpc) is 2.74. The molecule has 0 bridgehead atoms. The summed E-state index contributed by atoms with van der Waals surface area (Å²) in [6, 6.07) is 23.6. The van der Waals surface area contributed by atoms with Crippen LogP contribution in [0.2, 0.25) is 0 Å². The summed E-state index contributed by atoms with van der Waals surface area (Å²) < 4.78 is 5.26. The molecule has 1 N–H and O–H groups in total. The quantitative estimate of drug-likeness (QED) is 0.711. The van der Waals surface area contributed by atoms with Crippen molar-refractivity contribution in [3.05, 3.63) is 89.5 Å². The molecule has 3 aromatic rings. The van der Waals surface area contributed by atoms with Gasteiger partial charge in [-0.3, -0.25) is 9.69 Å². The molecule has 0 saturated heterocycles. The fourth-order valence-corrected chi connectivity index (χ4v) is 3.43. The van der Waals surface area contributed by atoms with Gasteiger partial charge < -0.3 is 10.1 Å². The number of ether oxygens (including phenoxy) is 1. The maximum Gasteiger partial charge on any atom is 0.262 e. The first-order chi connectivity index (χ1) is 13.2. The molecule has 1 amide bonds. The largest absolute Gasteiger partial charge is 0.497 e. The van der Waals surface area contributed by atoms with Gasteiger partial charge in [-0.2, -0.15) is 0 Å². The Bertz CT molecular complexity index is 949. The molecule has 4 rings (SSSR count). The molecule has 0 unspecified atom stereocenters. The summed E-state index contributed by atoms with van der Waals surface area (Å²) in [7, 11) is 1.64. The molecule has 0 aromatic heterocycles. The van der Waals surface area contributed by atoms with Crippen LogP contribution in [0, 0.1) is 0 Å². The van der Waals surface area contributed by atoms with Crippen LogP contribution in [-0.2, 0) is 6.42 Å². The SMILES string of the molecule is CCc1ccc([C@H]2Nc3ccccc3C(=O)N2c2ccc(OC)cc2)cc1. The van der Waals surface area contributed by atoms with Crippen molar-refractivity contribution >= 4 is 17.3 Å². The Morgan fingerprint density at radius 2 is 1.67 bits per heavy atom. The molecule has 0 radical (unpaired) electrons. The first-order valence-corrected chi connectivity index (χ1v) is 9.13. The van der Waals surface area contributed by atoms with Crippen LogP contribution >= 0.6 is 0 Å². The molecule has 3 aromatic carbocycles. The fraction of sp³-hybridized carbons (Fsp3) is 0.174. The molecule has 0 aliphatic carbocycles. The van der Waals surface area contributed by atoms with Gasteiger partial charge in [0.25, 0.3) is 5.91 Å². The first kappa shape index (κ1) is 17.2. The Hall–Kier alpha value is -3.27. The Kier molecular flexibility index (Phi) is 4.55. The van der Waals surface area contributed by atoms with E-state index < -0.39 is 0 Å². The van der Waals surface area contributed by atoms with Crippen molar-refractivity contribution in [2.24, 2.45) is 0 Å². The van der Waals surface area contributed by atoms with E-state index in [2.05, 4.69) is 36.5 Å². The van der Waals surface area contributed by atoms with Gasteiger partial charge in [-0.05, 0) is 53.9 Å². The third-order valence-corrected chi connectivity index (χ3v) is 4.98. The fourth-order valence-electron chi connectivity index (χ4n) is 3.43. The maximum absolute atomic E-state index is 13.3. The van der Waals surface area contributed by atoms with Crippen molar-refractivity contribution in [1.82, 2.24) is 0 Å². The number of rotatable bonds is 4. The number of hydrogen-bond acceptors (Lipinski definition) is 3. The third kappa shape index (κ3) is 3.14. The Morgan fingerprint density at radius 3 is 2.33 bits per heavy atom. The summed E-state index contributed by atoms with van der Waals surface area (Å²) in [6.07, 6.45) is 0.717. The van der Waals surface area contributed by atoms with E-state index >= 15 is 0 Å². The zero-order valence-corrected chi connectivity index (χ0v) is 15.5. The number of carbonyl (C=O) groups is 1. The smallest absolute Gasteiger partial charge is 0.262 e. The van der Waals surface area contributed by atoms with Gasteiger partial charge in [0.15, 0.2) is 0 Å². The minimum Gasteiger partial charge on any atom is -0.497 e. The molecule has 4 nitrogen and oxygen atoms in total. The van der Waals surface area contributed by atoms with Gasteiger partial charge in [0.1, 0.15) is 11.9 Å². The van der Waals surface area contributed by atoms with Crippen LogP contribution in [0.5, 0.6) is 5.75 Å². The molecule has 1 aliphatic rings. The monoisotopic (exact) mass is 358 g/mol. The number of anilines is 2. The first-order valence-electron chi connectivity index (χ1n) is 9.13. The predicted molar refractivity (Wildman–Crippen MR) is 108 cm³/mol. The summed E-state index contributed by atoms with van der Waals surface area (Å²) in [4.78, 5) is 15.1. The topological polar surface area (TPSA) is 41.6 Å². The van der Waals surface area contributed by atoms with Crippen LogP contribution in [0.4, 0.5) is 11.4 Å². The van der Waals surface area contributed by atoms with Crippen LogP contribution in [0.1, 0.15) is 34.6 Å². The van der Waals surface area contributed by atoms with Crippen LogP contribution < -0.4 is 15.0 Å². The molecule has 0 spiro atoms. The number of carbonyl (C=O) groups excluding carboxylic acids is 1. The summed E-state index contributed by atoms with van der Waals surface area (Å²) in [5.41, 5.74) is 4.68. The number of benzene rings is 3. The van der Waals surface area contributed by atoms with E-state index in [1.807, 2.05) is 53.4 Å². The number of para-hydroxylation sites is 1. The molecule has 1 aliphatic heterocycles. The summed E-state index contributed by atoms with van der Waals surface area (Å²) >= 11 is 0. The molecule has 27 heavy (non-hydrogen) atoms. The highest BCUT2D eigenvalue weighted by atomic mass is 16.5. The minimum atomic E-state index is -0.272. The second-order valence-corrected chi connectivity index (χ2v) is 6.56. The Balaban J connectivity index is 1.80. The van der Waals surface area contributed by atoms with E-state index in [1.165, 1.54) is 5.56 Å². The lowest BCUT2D eigenvalue weighted by atomic mass is 10.0. The van der Waals surface area contributed by atoms with Gasteiger partial charge in [-0.25, -0.2) is 0 Å². The van der Waals surface area contributed by atoms with Crippen LogP contribution in [-0.4, -0.2) is 13.0 Å². The molecular formula is C23H22N2O2. The van der Waals surface area contributed by atoms with E-state index in [0.29, 0.717) is 5.56 Å². The van der Waals surface area contributed by atoms with E-state index in [4.69, 9.17) is 4.74 Å². The van der Waals surface area contributed by atoms with Crippen molar-refractivity contribution in [2.75, 3.05) is 17.3 Å². The van der Waals surface area contributed by atoms with Crippen LogP contribution in [0.15, 0.2) is 72.8 Å². The van der Waals surface area contributed by atoms with E-state index in [0.717, 1.165) is 29.1 Å². The number of amides is 1. The van der Waals surface area contributed by atoms with Crippen molar-refractivity contribution in [3.8, 4) is 5.75 Å². The van der Waals surface area contributed by atoms with Crippen molar-refractivity contribution in [1.29, 1.82) is 0 Å². The zero-order chi connectivity index (χ0) is 18.8. The van der Waals surface area contributed by atoms with Gasteiger partial charge >= 0.3 is 0 Å². The number of hydrogen-bond donors (Lipinski definition) is 1. The van der Waals surface area contributed by atoms with Crippen molar-refractivity contribution in [2.45, 2.75) is 19.5 Å². The molecule has 0 fully saturated rings. The van der Waals surface area contributed by atoms with Gasteiger partial charge in [0, 0.05) is 11.4 Å². The van der Waals surface area contributed by atoms with Crippen LogP contribution in [0.25, 0.3) is 0 Å². The van der Waals surface area contributed by atoms with Crippen molar-refractivity contribution in [3.63, 3.8) is 0 Å². The highest BCUT2D eigenvalue weighted by Gasteiger charge is 2.33. The third-order valence-electron chi connectivity index (χ3n) is 4.98. The Labute approximate surface area is 159 Å². The molecular weight excluding hydrogens is 336 g/mol. The van der Waals surface area contributed by atoms with Gasteiger partial charge in [-0.1, -0.05) is 43.3 Å². The van der Waals surface area contributed by atoms with E-state index in [1.54, 1.807) is 7.11 Å². The van der Waals surface area contributed by atoms with E-state index in [9.17, 15) is 4.79 Å². The standard InChI is InChI=1S/C23H22N2O2/c1-3-16-8-10-17(11-9-16)22-24-21-7-5-4-6-20(21)23(26)25(22)18-12-14-19(27-2)15-13-18/h4-15,22,24H,3H2,1-2H3/t22-/m0/s1. The summed E-state index contributed by atoms with van der Waals surface area (Å²) in [5, 5.41) is 3.53. The number of nitrogens with zero attached hydrogens (tertiary/aromatic N) is 1. The molecule has 4 heteroatoms. The van der Waals surface area contributed by atoms with Crippen LogP contribution in [0.3, 0.4) is 0 Å². The zero-order valence-electron chi connectivity index (χ0n) is 15.5. The Morgan fingerprint density at radius 1 is 0.963 bits per heavy atom. The average molecular weight is 358 g/mol. The van der Waals surface area contributed by atoms with Gasteiger partial charge in [-0.15, -0.1) is 0 Å². The minimum absolute atomic E-state index is 0.0147. The maximum atomic E-state index is 13.3. The predicted octanol–water partition coefficient (Wildman–Crippen LogP) is 5.03.